The summed E-state index contributed by atoms with van der Waals surface area (Å²) in [5.74, 6) is 0.0624. The number of rotatable bonds is 5. The number of nitrogens with one attached hydrogen (secondary N) is 1. The Labute approximate surface area is 216 Å². The fourth-order valence-corrected chi connectivity index (χ4v) is 6.35. The van der Waals surface area contributed by atoms with Crippen molar-refractivity contribution in [1.29, 1.82) is 0 Å². The first-order chi connectivity index (χ1) is 15.4. The number of aromatic nitrogens is 1. The number of ether oxygens (including phenoxy) is 1. The maximum atomic E-state index is 13.3. The largest absolute Gasteiger partial charge is 1.00 e. The SMILES string of the molecule is Cc1cc(N(C2CCOCC2)S(=O)(=O)[N-]C(=O)Nc2c3c(cc4c2CCC4)CCC3)on1.[Na+]. The molecule has 3 aliphatic rings. The number of urea groups is 1. The molecular formula is C22H27N4NaO5S. The Morgan fingerprint density at radius 3 is 2.30 bits per heavy atom. The number of anilines is 2. The quantitative estimate of drug-likeness (QED) is 0.631. The molecule has 1 aliphatic heterocycles. The fourth-order valence-electron chi connectivity index (χ4n) is 5.10. The minimum absolute atomic E-state index is 0. The van der Waals surface area contributed by atoms with Crippen LogP contribution in [0.4, 0.5) is 16.4 Å². The van der Waals surface area contributed by atoms with Gasteiger partial charge in [0, 0.05) is 19.3 Å². The van der Waals surface area contributed by atoms with Gasteiger partial charge in [-0.25, -0.2) is 12.7 Å². The van der Waals surface area contributed by atoms with Crippen molar-refractivity contribution in [2.75, 3.05) is 22.8 Å². The van der Waals surface area contributed by atoms with Gasteiger partial charge in [-0.3, -0.25) is 4.79 Å². The molecular weight excluding hydrogens is 455 g/mol. The van der Waals surface area contributed by atoms with Crippen molar-refractivity contribution in [2.45, 2.75) is 64.3 Å². The smallest absolute Gasteiger partial charge is 0.423 e. The van der Waals surface area contributed by atoms with E-state index in [2.05, 4.69) is 21.3 Å². The summed E-state index contributed by atoms with van der Waals surface area (Å²) in [6.45, 7) is 2.57. The fraction of sp³-hybridized carbons (Fsp3) is 0.545. The number of benzene rings is 1. The number of carbonyl (C=O) groups excluding carboxylic acids is 1. The standard InChI is InChI=1S/C22H28N4O5S.Na/c1-14-12-20(31-24-14)26(17-8-10-30-11-9-17)32(28,29)25-22(27)23-21-18-6-2-4-15(18)13-16-5-3-7-19(16)21;/h12-13,17H,2-11H2,1H3,(H2,23,25,27);/q;+1/p-1. The normalized spacial score (nSPS) is 17.7. The Kier molecular flexibility index (Phi) is 7.40. The van der Waals surface area contributed by atoms with Crippen molar-refractivity contribution in [3.05, 3.63) is 44.8 Å². The molecule has 5 rings (SSSR count). The monoisotopic (exact) mass is 482 g/mol. The molecule has 0 atom stereocenters. The number of hydrogen-bond donors (Lipinski definition) is 1. The van der Waals surface area contributed by atoms with Crippen molar-refractivity contribution in [3.63, 3.8) is 0 Å². The molecule has 2 aromatic rings. The van der Waals surface area contributed by atoms with Crippen LogP contribution < -0.4 is 39.2 Å². The first-order valence-corrected chi connectivity index (χ1v) is 12.6. The molecule has 0 saturated carbocycles. The molecule has 11 heteroatoms. The molecule has 0 spiro atoms. The van der Waals surface area contributed by atoms with E-state index in [9.17, 15) is 13.2 Å². The maximum absolute atomic E-state index is 13.3. The predicted octanol–water partition coefficient (Wildman–Crippen LogP) is 0.800. The van der Waals surface area contributed by atoms with E-state index in [0.717, 1.165) is 59.6 Å². The van der Waals surface area contributed by atoms with Crippen LogP contribution in [0.5, 0.6) is 0 Å². The Bertz CT molecular complexity index is 1110. The van der Waals surface area contributed by atoms with Crippen LogP contribution in [0.1, 0.15) is 53.6 Å². The van der Waals surface area contributed by atoms with E-state index in [1.807, 2.05) is 0 Å². The van der Waals surface area contributed by atoms with Crippen LogP contribution in [0.15, 0.2) is 16.7 Å². The van der Waals surface area contributed by atoms with Gasteiger partial charge < -0.3 is 19.3 Å². The third-order valence-electron chi connectivity index (χ3n) is 6.51. The summed E-state index contributed by atoms with van der Waals surface area (Å²) in [7, 11) is -4.35. The summed E-state index contributed by atoms with van der Waals surface area (Å²) in [6, 6.07) is 2.50. The molecule has 1 aromatic carbocycles. The number of carbonyl (C=O) groups is 1. The molecule has 1 aromatic heterocycles. The predicted molar refractivity (Wildman–Crippen MR) is 119 cm³/mol. The van der Waals surface area contributed by atoms with Crippen LogP contribution in [0.25, 0.3) is 4.72 Å². The zero-order valence-electron chi connectivity index (χ0n) is 19.1. The van der Waals surface area contributed by atoms with E-state index in [4.69, 9.17) is 9.26 Å². The summed E-state index contributed by atoms with van der Waals surface area (Å²) in [6.07, 6.45) is 6.79. The van der Waals surface area contributed by atoms with Gasteiger partial charge >= 0.3 is 29.6 Å². The molecule has 172 valence electrons. The van der Waals surface area contributed by atoms with Crippen LogP contribution in [-0.4, -0.2) is 38.9 Å². The van der Waals surface area contributed by atoms with Crippen molar-refractivity contribution in [1.82, 2.24) is 5.16 Å². The van der Waals surface area contributed by atoms with Gasteiger partial charge in [-0.1, -0.05) is 11.2 Å². The molecule has 9 nitrogen and oxygen atoms in total. The van der Waals surface area contributed by atoms with Gasteiger partial charge in [0.05, 0.1) is 11.7 Å². The summed E-state index contributed by atoms with van der Waals surface area (Å²) < 4.78 is 41.9. The molecule has 1 fully saturated rings. The number of fused-ring (bicyclic) bond motifs is 2. The Morgan fingerprint density at radius 1 is 1.09 bits per heavy atom. The third kappa shape index (κ3) is 4.95. The van der Waals surface area contributed by atoms with Crippen LogP contribution in [-0.2, 0) is 40.6 Å². The summed E-state index contributed by atoms with van der Waals surface area (Å²) in [5.41, 5.74) is 6.07. The van der Waals surface area contributed by atoms with Crippen molar-refractivity contribution in [2.24, 2.45) is 0 Å². The van der Waals surface area contributed by atoms with Crippen LogP contribution >= 0.6 is 0 Å². The summed E-state index contributed by atoms with van der Waals surface area (Å²) in [4.78, 5) is 12.9. The zero-order chi connectivity index (χ0) is 22.3. The van der Waals surface area contributed by atoms with Crippen molar-refractivity contribution < 1.29 is 52.0 Å². The second-order valence-corrected chi connectivity index (χ2v) is 10.2. The minimum Gasteiger partial charge on any atom is -0.423 e. The molecule has 2 aliphatic carbocycles. The average Bonchev–Trinajstić information content (AvgIpc) is 3.49. The van der Waals surface area contributed by atoms with Crippen LogP contribution in [0, 0.1) is 6.92 Å². The van der Waals surface area contributed by atoms with E-state index >= 15 is 0 Å². The van der Waals surface area contributed by atoms with Gasteiger partial charge in [0.1, 0.15) is 0 Å². The number of nitrogens with zero attached hydrogens (tertiary/aromatic N) is 3. The molecule has 33 heavy (non-hydrogen) atoms. The topological polar surface area (TPSA) is 116 Å². The maximum Gasteiger partial charge on any atom is 1.00 e. The van der Waals surface area contributed by atoms with E-state index in [-0.39, 0.29) is 35.4 Å². The average molecular weight is 483 g/mol. The first kappa shape index (κ1) is 24.5. The third-order valence-corrected chi connectivity index (χ3v) is 7.88. The Hall–Kier alpha value is -1.59. The molecule has 0 unspecified atom stereocenters. The van der Waals surface area contributed by atoms with E-state index < -0.39 is 22.3 Å². The summed E-state index contributed by atoms with van der Waals surface area (Å²) >= 11 is 0. The van der Waals surface area contributed by atoms with E-state index in [1.54, 1.807) is 6.92 Å². The molecule has 1 N–H and O–H groups in total. The number of amides is 2. The zero-order valence-corrected chi connectivity index (χ0v) is 21.9. The van der Waals surface area contributed by atoms with E-state index in [0.29, 0.717) is 31.7 Å². The second kappa shape index (κ2) is 9.95. The number of hydrogen-bond acceptors (Lipinski definition) is 6. The van der Waals surface area contributed by atoms with Crippen molar-refractivity contribution >= 4 is 27.8 Å². The Balaban J connectivity index is 0.00000259. The molecule has 1 saturated heterocycles. The van der Waals surface area contributed by atoms with Gasteiger partial charge in [0.25, 0.3) is 10.2 Å². The van der Waals surface area contributed by atoms with Gasteiger partial charge in [0.2, 0.25) is 5.88 Å². The van der Waals surface area contributed by atoms with Crippen molar-refractivity contribution in [3.8, 4) is 0 Å². The number of aryl methyl sites for hydroxylation is 3. The molecule has 2 heterocycles. The van der Waals surface area contributed by atoms with Gasteiger partial charge in [-0.2, -0.15) is 0 Å². The first-order valence-electron chi connectivity index (χ1n) is 11.2. The van der Waals surface area contributed by atoms with E-state index in [1.165, 1.54) is 17.2 Å². The van der Waals surface area contributed by atoms with Gasteiger partial charge in [0.15, 0.2) is 6.03 Å². The van der Waals surface area contributed by atoms with Crippen LogP contribution in [0.2, 0.25) is 0 Å². The summed E-state index contributed by atoms with van der Waals surface area (Å²) in [5, 5.41) is 6.65. The van der Waals surface area contributed by atoms with Gasteiger partial charge in [-0.05, 0) is 86.2 Å². The molecule has 0 bridgehead atoms. The minimum atomic E-state index is -4.35. The van der Waals surface area contributed by atoms with Gasteiger partial charge in [-0.15, -0.1) is 0 Å². The Morgan fingerprint density at radius 2 is 1.73 bits per heavy atom. The molecule has 2 amide bonds. The molecule has 0 radical (unpaired) electrons. The van der Waals surface area contributed by atoms with Crippen LogP contribution in [0.3, 0.4) is 0 Å². The second-order valence-electron chi connectivity index (χ2n) is 8.68.